The topological polar surface area (TPSA) is 46.3 Å². The summed E-state index contributed by atoms with van der Waals surface area (Å²) in [6, 6.07) is 0.276. The van der Waals surface area contributed by atoms with Crippen LogP contribution < -0.4 is 5.73 Å². The van der Waals surface area contributed by atoms with Crippen molar-refractivity contribution >= 4 is 5.91 Å². The van der Waals surface area contributed by atoms with Gasteiger partial charge in [-0.1, -0.05) is 13.3 Å². The average Bonchev–Trinajstić information content (AvgIpc) is 2.74. The Morgan fingerprint density at radius 2 is 1.88 bits per heavy atom. The van der Waals surface area contributed by atoms with E-state index in [2.05, 4.69) is 18.7 Å². The van der Waals surface area contributed by atoms with Crippen molar-refractivity contribution in [2.24, 2.45) is 23.5 Å². The molecule has 1 aliphatic carbocycles. The van der Waals surface area contributed by atoms with Gasteiger partial charge < -0.3 is 10.6 Å². The average molecular weight is 238 g/mol. The third kappa shape index (κ3) is 2.82. The fourth-order valence-electron chi connectivity index (χ4n) is 3.39. The van der Waals surface area contributed by atoms with Gasteiger partial charge in [-0.15, -0.1) is 0 Å². The lowest BCUT2D eigenvalue weighted by Crippen LogP contribution is -2.45. The van der Waals surface area contributed by atoms with E-state index < -0.39 is 0 Å². The third-order valence-corrected chi connectivity index (χ3v) is 4.77. The molecule has 3 unspecified atom stereocenters. The van der Waals surface area contributed by atoms with Gasteiger partial charge >= 0.3 is 0 Å². The number of likely N-dealkylation sites (tertiary alicyclic amines) is 1. The molecular weight excluding hydrogens is 212 g/mol. The second kappa shape index (κ2) is 5.38. The molecule has 2 rings (SSSR count). The molecule has 2 fully saturated rings. The van der Waals surface area contributed by atoms with Crippen LogP contribution in [-0.2, 0) is 4.79 Å². The number of carbonyl (C=O) groups is 1. The summed E-state index contributed by atoms with van der Waals surface area (Å²) in [5.74, 6) is 1.92. The summed E-state index contributed by atoms with van der Waals surface area (Å²) in [5.41, 5.74) is 5.93. The van der Waals surface area contributed by atoms with Crippen LogP contribution in [0.1, 0.15) is 46.0 Å². The zero-order chi connectivity index (χ0) is 12.4. The SMILES string of the molecule is CC(N)C1CCN(C(=O)C2CCCC2C)CC1. The quantitative estimate of drug-likeness (QED) is 0.800. The maximum Gasteiger partial charge on any atom is 0.225 e. The van der Waals surface area contributed by atoms with Gasteiger partial charge in [0.05, 0.1) is 0 Å². The molecule has 0 spiro atoms. The van der Waals surface area contributed by atoms with Gasteiger partial charge in [0.2, 0.25) is 5.91 Å². The van der Waals surface area contributed by atoms with Crippen LogP contribution in [0, 0.1) is 17.8 Å². The Hall–Kier alpha value is -0.570. The van der Waals surface area contributed by atoms with Crippen molar-refractivity contribution in [3.8, 4) is 0 Å². The standard InChI is InChI=1S/C14H26N2O/c1-10-4-3-5-13(10)14(17)16-8-6-12(7-9-16)11(2)15/h10-13H,3-9,15H2,1-2H3. The molecule has 1 amide bonds. The van der Waals surface area contributed by atoms with E-state index >= 15 is 0 Å². The highest BCUT2D eigenvalue weighted by atomic mass is 16.2. The fraction of sp³-hybridized carbons (Fsp3) is 0.929. The van der Waals surface area contributed by atoms with Gasteiger partial charge in [0, 0.05) is 25.0 Å². The second-order valence-corrected chi connectivity index (χ2v) is 6.04. The van der Waals surface area contributed by atoms with Crippen LogP contribution in [0.2, 0.25) is 0 Å². The number of piperidine rings is 1. The molecule has 0 radical (unpaired) electrons. The van der Waals surface area contributed by atoms with Crippen molar-refractivity contribution in [1.82, 2.24) is 4.90 Å². The van der Waals surface area contributed by atoms with E-state index in [1.807, 2.05) is 0 Å². The smallest absolute Gasteiger partial charge is 0.225 e. The first-order valence-corrected chi connectivity index (χ1v) is 7.14. The van der Waals surface area contributed by atoms with Crippen LogP contribution in [0.5, 0.6) is 0 Å². The van der Waals surface area contributed by atoms with Crippen molar-refractivity contribution in [2.75, 3.05) is 13.1 Å². The molecule has 0 aromatic heterocycles. The Balaban J connectivity index is 1.86. The van der Waals surface area contributed by atoms with E-state index in [9.17, 15) is 4.79 Å². The number of amides is 1. The molecule has 98 valence electrons. The Labute approximate surface area is 105 Å². The van der Waals surface area contributed by atoms with Crippen LogP contribution in [0.25, 0.3) is 0 Å². The summed E-state index contributed by atoms with van der Waals surface area (Å²) in [4.78, 5) is 14.5. The normalized spacial score (nSPS) is 32.8. The lowest BCUT2D eigenvalue weighted by atomic mass is 9.89. The zero-order valence-electron chi connectivity index (χ0n) is 11.2. The Morgan fingerprint density at radius 1 is 1.24 bits per heavy atom. The van der Waals surface area contributed by atoms with Crippen molar-refractivity contribution in [2.45, 2.75) is 52.0 Å². The molecular formula is C14H26N2O. The van der Waals surface area contributed by atoms with Crippen LogP contribution in [0.15, 0.2) is 0 Å². The number of carbonyl (C=O) groups excluding carboxylic acids is 1. The summed E-state index contributed by atoms with van der Waals surface area (Å²) in [6.45, 7) is 6.16. The van der Waals surface area contributed by atoms with Crippen molar-refractivity contribution in [3.63, 3.8) is 0 Å². The number of nitrogens with two attached hydrogens (primary N) is 1. The molecule has 1 saturated heterocycles. The van der Waals surface area contributed by atoms with Crippen LogP contribution >= 0.6 is 0 Å². The minimum Gasteiger partial charge on any atom is -0.342 e. The van der Waals surface area contributed by atoms with Gasteiger partial charge in [0.1, 0.15) is 0 Å². The molecule has 3 nitrogen and oxygen atoms in total. The van der Waals surface area contributed by atoms with Gasteiger partial charge in [-0.3, -0.25) is 4.79 Å². The van der Waals surface area contributed by atoms with Gasteiger partial charge in [-0.25, -0.2) is 0 Å². The lowest BCUT2D eigenvalue weighted by Gasteiger charge is -2.35. The molecule has 0 aromatic carbocycles. The highest BCUT2D eigenvalue weighted by Crippen LogP contribution is 2.33. The molecule has 17 heavy (non-hydrogen) atoms. The summed E-state index contributed by atoms with van der Waals surface area (Å²) in [5, 5.41) is 0. The molecule has 3 heteroatoms. The van der Waals surface area contributed by atoms with E-state index in [4.69, 9.17) is 5.73 Å². The summed E-state index contributed by atoms with van der Waals surface area (Å²) in [6.07, 6.45) is 5.74. The van der Waals surface area contributed by atoms with Crippen LogP contribution in [-0.4, -0.2) is 29.9 Å². The number of hydrogen-bond donors (Lipinski definition) is 1. The third-order valence-electron chi connectivity index (χ3n) is 4.77. The molecule has 0 aromatic rings. The number of rotatable bonds is 2. The zero-order valence-corrected chi connectivity index (χ0v) is 11.2. The number of hydrogen-bond acceptors (Lipinski definition) is 2. The van der Waals surface area contributed by atoms with Crippen molar-refractivity contribution in [1.29, 1.82) is 0 Å². The van der Waals surface area contributed by atoms with Crippen LogP contribution in [0.4, 0.5) is 0 Å². The monoisotopic (exact) mass is 238 g/mol. The van der Waals surface area contributed by atoms with E-state index in [-0.39, 0.29) is 6.04 Å². The predicted molar refractivity (Wildman–Crippen MR) is 69.5 cm³/mol. The predicted octanol–water partition coefficient (Wildman–Crippen LogP) is 2.01. The van der Waals surface area contributed by atoms with Crippen molar-refractivity contribution in [3.05, 3.63) is 0 Å². The van der Waals surface area contributed by atoms with E-state index in [0.717, 1.165) is 32.4 Å². The van der Waals surface area contributed by atoms with Crippen LogP contribution in [0.3, 0.4) is 0 Å². The van der Waals surface area contributed by atoms with Gasteiger partial charge in [-0.2, -0.15) is 0 Å². The molecule has 1 heterocycles. The lowest BCUT2D eigenvalue weighted by molar-refractivity contribution is -0.138. The summed E-state index contributed by atoms with van der Waals surface area (Å²) in [7, 11) is 0. The first kappa shape index (κ1) is 12.9. The fourth-order valence-corrected chi connectivity index (χ4v) is 3.39. The highest BCUT2D eigenvalue weighted by molar-refractivity contribution is 5.79. The molecule has 2 N–H and O–H groups in total. The van der Waals surface area contributed by atoms with E-state index in [1.165, 1.54) is 12.8 Å². The molecule has 0 bridgehead atoms. The highest BCUT2D eigenvalue weighted by Gasteiger charge is 2.34. The Kier molecular flexibility index (Phi) is 4.08. The van der Waals surface area contributed by atoms with Gasteiger partial charge in [-0.05, 0) is 44.4 Å². The van der Waals surface area contributed by atoms with Gasteiger partial charge in [0.15, 0.2) is 0 Å². The van der Waals surface area contributed by atoms with E-state index in [1.54, 1.807) is 0 Å². The minimum atomic E-state index is 0.276. The van der Waals surface area contributed by atoms with Crippen molar-refractivity contribution < 1.29 is 4.79 Å². The number of nitrogens with zero attached hydrogens (tertiary/aromatic N) is 1. The molecule has 2 aliphatic rings. The Morgan fingerprint density at radius 3 is 2.35 bits per heavy atom. The molecule has 1 aliphatic heterocycles. The van der Waals surface area contributed by atoms with E-state index in [0.29, 0.717) is 23.7 Å². The maximum absolute atomic E-state index is 12.4. The largest absolute Gasteiger partial charge is 0.342 e. The first-order valence-electron chi connectivity index (χ1n) is 7.14. The maximum atomic E-state index is 12.4. The summed E-state index contributed by atoms with van der Waals surface area (Å²) < 4.78 is 0. The Bertz CT molecular complexity index is 269. The molecule has 3 atom stereocenters. The molecule has 1 saturated carbocycles. The second-order valence-electron chi connectivity index (χ2n) is 6.04. The van der Waals surface area contributed by atoms with Gasteiger partial charge in [0.25, 0.3) is 0 Å². The minimum absolute atomic E-state index is 0.276. The first-order chi connectivity index (χ1) is 8.09. The summed E-state index contributed by atoms with van der Waals surface area (Å²) >= 11 is 0.